The first-order chi connectivity index (χ1) is 11.1. The van der Waals surface area contributed by atoms with Gasteiger partial charge in [-0.1, -0.05) is 6.07 Å². The summed E-state index contributed by atoms with van der Waals surface area (Å²) in [7, 11) is 0. The van der Waals surface area contributed by atoms with Gasteiger partial charge in [-0.05, 0) is 75.3 Å². The molecular formula is C19H28N2O2. The van der Waals surface area contributed by atoms with Crippen LogP contribution in [0.3, 0.4) is 0 Å². The molecule has 1 saturated heterocycles. The summed E-state index contributed by atoms with van der Waals surface area (Å²) in [5.41, 5.74) is 2.43. The van der Waals surface area contributed by atoms with Crippen LogP contribution in [0.2, 0.25) is 0 Å². The number of amides is 1. The second kappa shape index (κ2) is 7.35. The van der Waals surface area contributed by atoms with Crippen LogP contribution in [-0.2, 0) is 4.79 Å². The van der Waals surface area contributed by atoms with Crippen molar-refractivity contribution >= 4 is 5.91 Å². The number of rotatable bonds is 6. The molecule has 0 radical (unpaired) electrons. The molecule has 1 heterocycles. The second-order valence-corrected chi connectivity index (χ2v) is 7.04. The van der Waals surface area contributed by atoms with Crippen LogP contribution in [0, 0.1) is 19.8 Å². The van der Waals surface area contributed by atoms with Crippen LogP contribution in [0.15, 0.2) is 18.2 Å². The summed E-state index contributed by atoms with van der Waals surface area (Å²) in [6.07, 6.45) is 4.89. The van der Waals surface area contributed by atoms with Gasteiger partial charge >= 0.3 is 0 Å². The third kappa shape index (κ3) is 4.71. The quantitative estimate of drug-likeness (QED) is 0.877. The predicted octanol–water partition coefficient (Wildman–Crippen LogP) is 2.67. The Morgan fingerprint density at radius 2 is 1.91 bits per heavy atom. The highest BCUT2D eigenvalue weighted by Gasteiger charge is 2.26. The molecule has 1 aliphatic heterocycles. The molecule has 126 valence electrons. The van der Waals surface area contributed by atoms with Crippen molar-refractivity contribution in [2.75, 3.05) is 26.2 Å². The molecule has 0 aromatic heterocycles. The van der Waals surface area contributed by atoms with Gasteiger partial charge in [0.05, 0.1) is 0 Å². The Morgan fingerprint density at radius 3 is 2.57 bits per heavy atom. The Balaban J connectivity index is 1.39. The summed E-state index contributed by atoms with van der Waals surface area (Å²) in [5, 5.41) is 3.64. The lowest BCUT2D eigenvalue weighted by Gasteiger charge is -2.32. The zero-order valence-electron chi connectivity index (χ0n) is 14.3. The number of carbonyl (C=O) groups excluding carboxylic acids is 1. The molecule has 0 spiro atoms. The van der Waals surface area contributed by atoms with E-state index in [-0.39, 0.29) is 12.5 Å². The maximum atomic E-state index is 12.3. The van der Waals surface area contributed by atoms with E-state index in [4.69, 9.17) is 4.74 Å². The number of nitrogens with one attached hydrogen (secondary N) is 1. The molecule has 2 fully saturated rings. The molecule has 2 aliphatic rings. The summed E-state index contributed by atoms with van der Waals surface area (Å²) >= 11 is 0. The number of likely N-dealkylation sites (tertiary alicyclic amines) is 1. The number of benzene rings is 1. The molecule has 4 heteroatoms. The lowest BCUT2D eigenvalue weighted by molar-refractivity contribution is -0.134. The highest BCUT2D eigenvalue weighted by Crippen LogP contribution is 2.28. The van der Waals surface area contributed by atoms with Crippen molar-refractivity contribution in [3.8, 4) is 5.75 Å². The number of piperidine rings is 1. The van der Waals surface area contributed by atoms with Crippen molar-refractivity contribution in [3.05, 3.63) is 29.3 Å². The summed E-state index contributed by atoms with van der Waals surface area (Å²) in [6.45, 7) is 7.13. The average Bonchev–Trinajstić information content (AvgIpc) is 3.38. The number of carbonyl (C=O) groups is 1. The van der Waals surface area contributed by atoms with Gasteiger partial charge in [0.2, 0.25) is 0 Å². The summed E-state index contributed by atoms with van der Waals surface area (Å²) in [4.78, 5) is 14.2. The Bertz CT molecular complexity index is 546. The lowest BCUT2D eigenvalue weighted by atomic mass is 10.0. The van der Waals surface area contributed by atoms with Crippen LogP contribution in [0.1, 0.15) is 36.8 Å². The molecule has 0 bridgehead atoms. The molecule has 1 aromatic carbocycles. The second-order valence-electron chi connectivity index (χ2n) is 7.04. The topological polar surface area (TPSA) is 41.6 Å². The lowest BCUT2D eigenvalue weighted by Crippen LogP contribution is -2.46. The van der Waals surface area contributed by atoms with Gasteiger partial charge < -0.3 is 15.0 Å². The van der Waals surface area contributed by atoms with Crippen molar-refractivity contribution in [1.82, 2.24) is 10.2 Å². The minimum atomic E-state index is 0.101. The summed E-state index contributed by atoms with van der Waals surface area (Å²) < 4.78 is 5.66. The SMILES string of the molecule is Cc1ccc(OCC(=O)N2CCC(NCC3CC3)CC2)cc1C. The van der Waals surface area contributed by atoms with Crippen molar-refractivity contribution in [2.24, 2.45) is 5.92 Å². The van der Waals surface area contributed by atoms with Crippen molar-refractivity contribution in [3.63, 3.8) is 0 Å². The van der Waals surface area contributed by atoms with Crippen LogP contribution in [0.25, 0.3) is 0 Å². The van der Waals surface area contributed by atoms with E-state index in [1.54, 1.807) is 0 Å². The first kappa shape index (κ1) is 16.3. The maximum absolute atomic E-state index is 12.3. The van der Waals surface area contributed by atoms with Gasteiger partial charge in [-0.15, -0.1) is 0 Å². The first-order valence-electron chi connectivity index (χ1n) is 8.83. The van der Waals surface area contributed by atoms with Gasteiger partial charge in [0, 0.05) is 19.1 Å². The predicted molar refractivity (Wildman–Crippen MR) is 91.7 cm³/mol. The number of ether oxygens (including phenoxy) is 1. The fourth-order valence-electron chi connectivity index (χ4n) is 3.03. The average molecular weight is 316 g/mol. The third-order valence-corrected chi connectivity index (χ3v) is 5.08. The van der Waals surface area contributed by atoms with E-state index in [0.717, 1.165) is 44.1 Å². The fraction of sp³-hybridized carbons (Fsp3) is 0.632. The number of hydrogen-bond donors (Lipinski definition) is 1. The Morgan fingerprint density at radius 1 is 1.17 bits per heavy atom. The largest absolute Gasteiger partial charge is 0.484 e. The van der Waals surface area contributed by atoms with Gasteiger partial charge in [-0.3, -0.25) is 4.79 Å². The maximum Gasteiger partial charge on any atom is 0.260 e. The molecule has 1 saturated carbocycles. The van der Waals surface area contributed by atoms with Gasteiger partial charge in [0.1, 0.15) is 5.75 Å². The fourth-order valence-corrected chi connectivity index (χ4v) is 3.03. The zero-order chi connectivity index (χ0) is 16.2. The van der Waals surface area contributed by atoms with Crippen LogP contribution < -0.4 is 10.1 Å². The molecule has 0 atom stereocenters. The highest BCUT2D eigenvalue weighted by molar-refractivity contribution is 5.77. The monoisotopic (exact) mass is 316 g/mol. The van der Waals surface area contributed by atoms with Crippen LogP contribution >= 0.6 is 0 Å². The molecule has 1 amide bonds. The van der Waals surface area contributed by atoms with Crippen molar-refractivity contribution in [2.45, 2.75) is 45.6 Å². The molecule has 4 nitrogen and oxygen atoms in total. The van der Waals surface area contributed by atoms with E-state index in [1.165, 1.54) is 24.0 Å². The first-order valence-corrected chi connectivity index (χ1v) is 8.83. The van der Waals surface area contributed by atoms with Gasteiger partial charge in [-0.2, -0.15) is 0 Å². The Kier molecular flexibility index (Phi) is 5.21. The van der Waals surface area contributed by atoms with Crippen molar-refractivity contribution < 1.29 is 9.53 Å². The zero-order valence-corrected chi connectivity index (χ0v) is 14.3. The van der Waals surface area contributed by atoms with Crippen molar-refractivity contribution in [1.29, 1.82) is 0 Å². The van der Waals surface area contributed by atoms with Gasteiger partial charge in [-0.25, -0.2) is 0 Å². The Hall–Kier alpha value is -1.55. The standard InChI is InChI=1S/C19H28N2O2/c1-14-3-6-18(11-15(14)2)23-13-19(22)21-9-7-17(8-10-21)20-12-16-4-5-16/h3,6,11,16-17,20H,4-5,7-10,12-13H2,1-2H3. The number of nitrogens with zero attached hydrogens (tertiary/aromatic N) is 1. The van der Waals surface area contributed by atoms with E-state index < -0.39 is 0 Å². The smallest absolute Gasteiger partial charge is 0.260 e. The van der Waals surface area contributed by atoms with E-state index in [0.29, 0.717) is 6.04 Å². The third-order valence-electron chi connectivity index (χ3n) is 5.08. The van der Waals surface area contributed by atoms with Crippen LogP contribution in [0.5, 0.6) is 5.75 Å². The number of hydrogen-bond acceptors (Lipinski definition) is 3. The highest BCUT2D eigenvalue weighted by atomic mass is 16.5. The number of aryl methyl sites for hydroxylation is 2. The minimum absolute atomic E-state index is 0.101. The van der Waals surface area contributed by atoms with Crippen LogP contribution in [0.4, 0.5) is 0 Å². The minimum Gasteiger partial charge on any atom is -0.484 e. The van der Waals surface area contributed by atoms with E-state index in [9.17, 15) is 4.79 Å². The molecule has 3 rings (SSSR count). The van der Waals surface area contributed by atoms with Gasteiger partial charge in [0.25, 0.3) is 5.91 Å². The Labute approximate surface area is 139 Å². The van der Waals surface area contributed by atoms with Crippen LogP contribution in [-0.4, -0.2) is 43.1 Å². The summed E-state index contributed by atoms with van der Waals surface area (Å²) in [6, 6.07) is 6.55. The van der Waals surface area contributed by atoms with Gasteiger partial charge in [0.15, 0.2) is 6.61 Å². The van der Waals surface area contributed by atoms with E-state index >= 15 is 0 Å². The molecule has 0 unspecified atom stereocenters. The molecule has 1 aliphatic carbocycles. The molecule has 1 aromatic rings. The normalized spacial score (nSPS) is 19.0. The summed E-state index contributed by atoms with van der Waals surface area (Å²) in [5.74, 6) is 1.80. The van der Waals surface area contributed by atoms with E-state index in [1.807, 2.05) is 23.1 Å². The molecule has 1 N–H and O–H groups in total. The molecule has 23 heavy (non-hydrogen) atoms. The van der Waals surface area contributed by atoms with E-state index in [2.05, 4.69) is 19.2 Å². The molecular weight excluding hydrogens is 288 g/mol.